The smallest absolute Gasteiger partial charge is 0.319 e. The molecule has 2 heterocycles. The molecule has 0 bridgehead atoms. The van der Waals surface area contributed by atoms with Gasteiger partial charge in [0, 0.05) is 26.1 Å². The minimum absolute atomic E-state index is 0.0595. The van der Waals surface area contributed by atoms with Crippen molar-refractivity contribution >= 4 is 11.8 Å². The molecule has 1 unspecified atom stereocenters. The molecule has 1 aliphatic rings. The Morgan fingerprint density at radius 3 is 3.00 bits per heavy atom. The summed E-state index contributed by atoms with van der Waals surface area (Å²) >= 11 is 0. The van der Waals surface area contributed by atoms with Crippen molar-refractivity contribution in [2.75, 3.05) is 13.2 Å². The first kappa shape index (κ1) is 11.8. The Balaban J connectivity index is 2.28. The fourth-order valence-electron chi connectivity index (χ4n) is 2.05. The normalized spacial score (nSPS) is 24.9. The van der Waals surface area contributed by atoms with Crippen LogP contribution in [0.2, 0.25) is 0 Å². The fraction of sp³-hybridized carbons (Fsp3) is 0.545. The number of carboxylic acids is 1. The highest BCUT2D eigenvalue weighted by Crippen LogP contribution is 2.30. The van der Waals surface area contributed by atoms with Crippen LogP contribution < -0.4 is 0 Å². The molecule has 1 aromatic heterocycles. The summed E-state index contributed by atoms with van der Waals surface area (Å²) in [5, 5.41) is 13.3. The summed E-state index contributed by atoms with van der Waals surface area (Å²) in [5.41, 5.74) is -0.713. The van der Waals surface area contributed by atoms with Gasteiger partial charge in [-0.3, -0.25) is 14.3 Å². The van der Waals surface area contributed by atoms with Gasteiger partial charge in [0.15, 0.2) is 11.2 Å². The maximum absolute atomic E-state index is 11.9. The molecule has 6 heteroatoms. The highest BCUT2D eigenvalue weighted by Gasteiger charge is 2.48. The maximum Gasteiger partial charge on any atom is 0.319 e. The van der Waals surface area contributed by atoms with E-state index in [2.05, 4.69) is 5.10 Å². The molecule has 17 heavy (non-hydrogen) atoms. The molecule has 1 saturated heterocycles. The van der Waals surface area contributed by atoms with Crippen molar-refractivity contribution in [3.63, 3.8) is 0 Å². The molecule has 0 aliphatic carbocycles. The second kappa shape index (κ2) is 4.29. The summed E-state index contributed by atoms with van der Waals surface area (Å²) in [6, 6.07) is 0. The number of nitrogens with zero attached hydrogens (tertiary/aromatic N) is 2. The van der Waals surface area contributed by atoms with Gasteiger partial charge in [-0.05, 0) is 5.56 Å². The van der Waals surface area contributed by atoms with Gasteiger partial charge >= 0.3 is 5.97 Å². The van der Waals surface area contributed by atoms with E-state index in [1.807, 2.05) is 0 Å². The van der Waals surface area contributed by atoms with E-state index in [9.17, 15) is 14.7 Å². The van der Waals surface area contributed by atoms with Crippen molar-refractivity contribution in [2.45, 2.75) is 12.8 Å². The first-order valence-electron chi connectivity index (χ1n) is 5.36. The SMILES string of the molecule is Cn1cc(CC2(C(=O)O)COCCC2=O)cn1. The second-order valence-corrected chi connectivity index (χ2v) is 4.31. The van der Waals surface area contributed by atoms with Crippen LogP contribution in [0.1, 0.15) is 12.0 Å². The highest BCUT2D eigenvalue weighted by atomic mass is 16.5. The van der Waals surface area contributed by atoms with Crippen LogP contribution in [0.4, 0.5) is 0 Å². The summed E-state index contributed by atoms with van der Waals surface area (Å²) in [4.78, 5) is 23.3. The monoisotopic (exact) mass is 238 g/mol. The van der Waals surface area contributed by atoms with E-state index in [1.54, 1.807) is 24.1 Å². The number of aliphatic carboxylic acids is 1. The molecule has 0 saturated carbocycles. The lowest BCUT2D eigenvalue weighted by Crippen LogP contribution is -2.48. The van der Waals surface area contributed by atoms with Gasteiger partial charge in [-0.25, -0.2) is 0 Å². The van der Waals surface area contributed by atoms with Crippen LogP contribution in [0.25, 0.3) is 0 Å². The Hall–Kier alpha value is -1.69. The standard InChI is InChI=1S/C11H14N2O4/c1-13-6-8(5-12-13)4-11(10(15)16)7-17-3-2-9(11)14/h5-6H,2-4,7H2,1H3,(H,15,16). The van der Waals surface area contributed by atoms with Gasteiger partial charge in [0.25, 0.3) is 0 Å². The Morgan fingerprint density at radius 1 is 1.71 bits per heavy atom. The Bertz CT molecular complexity index is 454. The lowest BCUT2D eigenvalue weighted by molar-refractivity contribution is -0.164. The molecule has 0 spiro atoms. The third-order valence-corrected chi connectivity index (χ3v) is 3.03. The topological polar surface area (TPSA) is 81.4 Å². The number of hydrogen-bond acceptors (Lipinski definition) is 4. The number of carboxylic acid groups (broad SMARTS) is 1. The summed E-state index contributed by atoms with van der Waals surface area (Å²) in [6.07, 6.45) is 3.58. The number of hydrogen-bond donors (Lipinski definition) is 1. The van der Waals surface area contributed by atoms with Crippen LogP contribution in [0.3, 0.4) is 0 Å². The van der Waals surface area contributed by atoms with Crippen molar-refractivity contribution in [1.29, 1.82) is 0 Å². The van der Waals surface area contributed by atoms with Gasteiger partial charge < -0.3 is 9.84 Å². The number of ether oxygens (including phenoxy) is 1. The summed E-state index contributed by atoms with van der Waals surface area (Å²) in [5.74, 6) is -1.38. The molecule has 2 rings (SSSR count). The van der Waals surface area contributed by atoms with Gasteiger partial charge in [0.1, 0.15) is 0 Å². The predicted octanol–water partition coefficient (Wildman–Crippen LogP) is 0.0230. The number of carbonyl (C=O) groups is 2. The molecule has 0 amide bonds. The lowest BCUT2D eigenvalue weighted by Gasteiger charge is -2.31. The number of aromatic nitrogens is 2. The lowest BCUT2D eigenvalue weighted by atomic mass is 9.77. The van der Waals surface area contributed by atoms with E-state index < -0.39 is 11.4 Å². The van der Waals surface area contributed by atoms with Crippen molar-refractivity contribution in [1.82, 2.24) is 9.78 Å². The van der Waals surface area contributed by atoms with Gasteiger partial charge in [0.05, 0.1) is 19.4 Å². The summed E-state index contributed by atoms with van der Waals surface area (Å²) < 4.78 is 6.75. The average molecular weight is 238 g/mol. The minimum atomic E-state index is -1.44. The van der Waals surface area contributed by atoms with E-state index >= 15 is 0 Å². The van der Waals surface area contributed by atoms with E-state index in [0.29, 0.717) is 6.61 Å². The largest absolute Gasteiger partial charge is 0.480 e. The summed E-state index contributed by atoms with van der Waals surface area (Å²) in [6.45, 7) is 0.247. The molecule has 0 radical (unpaired) electrons. The molecule has 1 aliphatic heterocycles. The zero-order chi connectivity index (χ0) is 12.5. The molecular formula is C11H14N2O4. The van der Waals surface area contributed by atoms with Crippen LogP contribution in [-0.2, 0) is 27.8 Å². The number of Topliss-reactive ketones (excluding diaryl/α,β-unsaturated/α-hetero) is 1. The minimum Gasteiger partial charge on any atom is -0.480 e. The summed E-state index contributed by atoms with van der Waals surface area (Å²) in [7, 11) is 1.75. The van der Waals surface area contributed by atoms with Gasteiger partial charge in [-0.15, -0.1) is 0 Å². The highest BCUT2D eigenvalue weighted by molar-refractivity contribution is 6.04. The number of rotatable bonds is 3. The Kier molecular flexibility index (Phi) is 2.97. The second-order valence-electron chi connectivity index (χ2n) is 4.31. The van der Waals surface area contributed by atoms with Crippen molar-refractivity contribution < 1.29 is 19.4 Å². The molecule has 92 valence electrons. The molecule has 1 N–H and O–H groups in total. The fourth-order valence-corrected chi connectivity index (χ4v) is 2.05. The van der Waals surface area contributed by atoms with Crippen LogP contribution in [0.5, 0.6) is 0 Å². The zero-order valence-corrected chi connectivity index (χ0v) is 9.55. The van der Waals surface area contributed by atoms with Crippen LogP contribution in [0.15, 0.2) is 12.4 Å². The van der Waals surface area contributed by atoms with Crippen molar-refractivity contribution in [3.05, 3.63) is 18.0 Å². The van der Waals surface area contributed by atoms with Gasteiger partial charge in [0.2, 0.25) is 0 Å². The average Bonchev–Trinajstić information content (AvgIpc) is 2.67. The molecule has 1 aromatic rings. The number of carbonyl (C=O) groups excluding carboxylic acids is 1. The molecule has 1 fully saturated rings. The van der Waals surface area contributed by atoms with Gasteiger partial charge in [-0.2, -0.15) is 5.10 Å². The predicted molar refractivity (Wildman–Crippen MR) is 57.4 cm³/mol. The quantitative estimate of drug-likeness (QED) is 0.751. The van der Waals surface area contributed by atoms with E-state index in [0.717, 1.165) is 5.56 Å². The van der Waals surface area contributed by atoms with Crippen LogP contribution in [-0.4, -0.2) is 39.9 Å². The Labute approximate surface area is 98.2 Å². The van der Waals surface area contributed by atoms with E-state index in [1.165, 1.54) is 0 Å². The van der Waals surface area contributed by atoms with E-state index in [-0.39, 0.29) is 25.2 Å². The number of ketones is 1. The third-order valence-electron chi connectivity index (χ3n) is 3.03. The maximum atomic E-state index is 11.9. The van der Waals surface area contributed by atoms with Crippen molar-refractivity contribution in [3.8, 4) is 0 Å². The van der Waals surface area contributed by atoms with E-state index in [4.69, 9.17) is 4.74 Å². The third kappa shape index (κ3) is 2.08. The van der Waals surface area contributed by atoms with Crippen molar-refractivity contribution in [2.24, 2.45) is 12.5 Å². The number of aryl methyl sites for hydroxylation is 1. The first-order chi connectivity index (χ1) is 8.04. The molecular weight excluding hydrogens is 224 g/mol. The molecule has 0 aromatic carbocycles. The molecule has 6 nitrogen and oxygen atoms in total. The zero-order valence-electron chi connectivity index (χ0n) is 9.55. The first-order valence-corrected chi connectivity index (χ1v) is 5.36. The van der Waals surface area contributed by atoms with Crippen LogP contribution >= 0.6 is 0 Å². The van der Waals surface area contributed by atoms with Crippen LogP contribution in [0, 0.1) is 5.41 Å². The Morgan fingerprint density at radius 2 is 2.47 bits per heavy atom. The van der Waals surface area contributed by atoms with Gasteiger partial charge in [-0.1, -0.05) is 0 Å². The molecule has 1 atom stereocenters.